The van der Waals surface area contributed by atoms with Crippen LogP contribution in [0.5, 0.6) is 0 Å². The first-order valence-electron chi connectivity index (χ1n) is 3.97. The second-order valence-electron chi connectivity index (χ2n) is 3.03. The maximum atomic E-state index is 11.7. The summed E-state index contributed by atoms with van der Waals surface area (Å²) in [5.41, 5.74) is 0. The lowest BCUT2D eigenvalue weighted by atomic mass is 10.5. The monoisotopic (exact) mass is 261 g/mol. The minimum atomic E-state index is -3.15. The Hall–Kier alpha value is -0.420. The lowest BCUT2D eigenvalue weighted by molar-refractivity contribution is 0.590. The van der Waals surface area contributed by atoms with Crippen molar-refractivity contribution in [3.63, 3.8) is 0 Å². The van der Waals surface area contributed by atoms with E-state index in [0.29, 0.717) is 4.47 Å². The van der Waals surface area contributed by atoms with E-state index in [4.69, 9.17) is 0 Å². The molecule has 0 aliphatic heterocycles. The predicted octanol–water partition coefficient (Wildman–Crippen LogP) is 1.78. The molecule has 0 N–H and O–H groups in total. The minimum absolute atomic E-state index is 0.178. The molecule has 1 aliphatic carbocycles. The van der Waals surface area contributed by atoms with Gasteiger partial charge in [-0.25, -0.2) is 13.4 Å². The summed E-state index contributed by atoms with van der Waals surface area (Å²) in [5.74, 6) is 0. The highest BCUT2D eigenvalue weighted by Gasteiger charge is 2.38. The second-order valence-corrected chi connectivity index (χ2v) is 6.03. The quantitative estimate of drug-likeness (QED) is 0.816. The fourth-order valence-corrected chi connectivity index (χ4v) is 3.67. The minimum Gasteiger partial charge on any atom is -0.244 e. The van der Waals surface area contributed by atoms with E-state index in [1.807, 2.05) is 0 Å². The summed E-state index contributed by atoms with van der Waals surface area (Å²) < 4.78 is 24.0. The zero-order chi connectivity index (χ0) is 9.47. The number of nitrogens with zero attached hydrogens (tertiary/aromatic N) is 1. The first kappa shape index (κ1) is 9.15. The van der Waals surface area contributed by atoms with Gasteiger partial charge in [-0.05, 0) is 40.9 Å². The van der Waals surface area contributed by atoms with Crippen molar-refractivity contribution >= 4 is 25.8 Å². The van der Waals surface area contributed by atoms with E-state index in [2.05, 4.69) is 20.9 Å². The third kappa shape index (κ3) is 1.62. The molecule has 0 unspecified atom stereocenters. The molecule has 0 aromatic carbocycles. The molecule has 70 valence electrons. The van der Waals surface area contributed by atoms with Gasteiger partial charge >= 0.3 is 0 Å². The molecular weight excluding hydrogens is 254 g/mol. The third-order valence-electron chi connectivity index (χ3n) is 1.96. The Morgan fingerprint density at radius 1 is 1.46 bits per heavy atom. The van der Waals surface area contributed by atoms with Crippen molar-refractivity contribution in [2.45, 2.75) is 23.1 Å². The number of sulfone groups is 1. The third-order valence-corrected chi connectivity index (χ3v) is 5.07. The van der Waals surface area contributed by atoms with Gasteiger partial charge in [0.15, 0.2) is 14.9 Å². The Morgan fingerprint density at radius 3 is 2.69 bits per heavy atom. The van der Waals surface area contributed by atoms with Crippen molar-refractivity contribution in [1.82, 2.24) is 4.98 Å². The Bertz CT molecular complexity index is 426. The van der Waals surface area contributed by atoms with Gasteiger partial charge in [0.25, 0.3) is 0 Å². The van der Waals surface area contributed by atoms with Crippen LogP contribution in [0, 0.1) is 0 Å². The molecule has 1 fully saturated rings. The molecule has 1 aromatic heterocycles. The van der Waals surface area contributed by atoms with Crippen molar-refractivity contribution in [2.24, 2.45) is 0 Å². The van der Waals surface area contributed by atoms with Gasteiger partial charge in [-0.2, -0.15) is 0 Å². The number of pyridine rings is 1. The Kier molecular flexibility index (Phi) is 2.15. The lowest BCUT2D eigenvalue weighted by Gasteiger charge is -2.02. The molecule has 13 heavy (non-hydrogen) atoms. The Labute approximate surface area is 85.2 Å². The average Bonchev–Trinajstić information content (AvgIpc) is 2.86. The fraction of sp³-hybridized carbons (Fsp3) is 0.375. The van der Waals surface area contributed by atoms with Crippen molar-refractivity contribution in [2.75, 3.05) is 0 Å². The van der Waals surface area contributed by atoms with E-state index < -0.39 is 9.84 Å². The number of hydrogen-bond donors (Lipinski definition) is 0. The smallest absolute Gasteiger partial charge is 0.199 e. The van der Waals surface area contributed by atoms with Gasteiger partial charge in [0, 0.05) is 6.20 Å². The highest BCUT2D eigenvalue weighted by Crippen LogP contribution is 2.34. The molecule has 0 atom stereocenters. The molecule has 0 amide bonds. The van der Waals surface area contributed by atoms with Crippen LogP contribution in [0.25, 0.3) is 0 Å². The summed E-state index contributed by atoms with van der Waals surface area (Å²) >= 11 is 3.19. The van der Waals surface area contributed by atoms with Gasteiger partial charge < -0.3 is 0 Å². The Morgan fingerprint density at radius 2 is 2.15 bits per heavy atom. The second kappa shape index (κ2) is 3.06. The van der Waals surface area contributed by atoms with Crippen molar-refractivity contribution in [3.8, 4) is 0 Å². The maximum Gasteiger partial charge on any atom is 0.199 e. The molecule has 0 radical (unpaired) electrons. The van der Waals surface area contributed by atoms with Crippen LogP contribution in [0.3, 0.4) is 0 Å². The van der Waals surface area contributed by atoms with Gasteiger partial charge in [0.05, 0.1) is 9.72 Å². The number of rotatable bonds is 2. The van der Waals surface area contributed by atoms with Crippen LogP contribution in [0.1, 0.15) is 12.8 Å². The molecule has 1 aliphatic rings. The fourth-order valence-electron chi connectivity index (χ4n) is 1.12. The summed E-state index contributed by atoms with van der Waals surface area (Å²) in [7, 11) is -3.15. The number of aromatic nitrogens is 1. The van der Waals surface area contributed by atoms with E-state index in [1.165, 1.54) is 6.20 Å². The Balaban J connectivity index is 2.51. The van der Waals surface area contributed by atoms with Gasteiger partial charge in [-0.15, -0.1) is 0 Å². The van der Waals surface area contributed by atoms with E-state index >= 15 is 0 Å². The predicted molar refractivity (Wildman–Crippen MR) is 52.1 cm³/mol. The molecule has 2 rings (SSSR count). The van der Waals surface area contributed by atoms with Crippen molar-refractivity contribution in [3.05, 3.63) is 22.8 Å². The molecule has 1 aromatic rings. The van der Waals surface area contributed by atoms with Crippen LogP contribution >= 0.6 is 15.9 Å². The van der Waals surface area contributed by atoms with Crippen LogP contribution in [-0.4, -0.2) is 18.7 Å². The summed E-state index contributed by atoms with van der Waals surface area (Å²) in [6, 6.07) is 3.40. The molecular formula is C8H8BrNO2S. The van der Waals surface area contributed by atoms with E-state index in [1.54, 1.807) is 12.1 Å². The normalized spacial score (nSPS) is 17.3. The SMILES string of the molecule is O=S(=O)(c1ncccc1Br)C1CC1. The molecule has 1 saturated carbocycles. The van der Waals surface area contributed by atoms with E-state index in [9.17, 15) is 8.42 Å². The van der Waals surface area contributed by atoms with Gasteiger partial charge in [0.2, 0.25) is 0 Å². The van der Waals surface area contributed by atoms with Crippen LogP contribution < -0.4 is 0 Å². The molecule has 0 saturated heterocycles. The van der Waals surface area contributed by atoms with Crippen LogP contribution in [0.2, 0.25) is 0 Å². The van der Waals surface area contributed by atoms with E-state index in [0.717, 1.165) is 12.8 Å². The maximum absolute atomic E-state index is 11.7. The van der Waals surface area contributed by atoms with Crippen molar-refractivity contribution < 1.29 is 8.42 Å². The highest BCUT2D eigenvalue weighted by atomic mass is 79.9. The standard InChI is InChI=1S/C8H8BrNO2S/c9-7-2-1-5-10-8(7)13(11,12)6-3-4-6/h1-2,5-6H,3-4H2. The van der Waals surface area contributed by atoms with Crippen LogP contribution in [0.15, 0.2) is 27.8 Å². The summed E-state index contributed by atoms with van der Waals surface area (Å²) in [6.07, 6.45) is 3.04. The van der Waals surface area contributed by atoms with Gasteiger partial charge in [-0.3, -0.25) is 0 Å². The number of hydrogen-bond acceptors (Lipinski definition) is 3. The lowest BCUT2D eigenvalue weighted by Crippen LogP contribution is -2.09. The molecule has 0 spiro atoms. The molecule has 5 heteroatoms. The van der Waals surface area contributed by atoms with Gasteiger partial charge in [-0.1, -0.05) is 0 Å². The van der Waals surface area contributed by atoms with Crippen LogP contribution in [0.4, 0.5) is 0 Å². The molecule has 3 nitrogen and oxygen atoms in total. The van der Waals surface area contributed by atoms with Gasteiger partial charge in [0.1, 0.15) is 0 Å². The van der Waals surface area contributed by atoms with E-state index in [-0.39, 0.29) is 10.3 Å². The summed E-state index contributed by atoms with van der Waals surface area (Å²) in [4.78, 5) is 3.88. The average molecular weight is 262 g/mol. The number of halogens is 1. The van der Waals surface area contributed by atoms with Crippen LogP contribution in [-0.2, 0) is 9.84 Å². The summed E-state index contributed by atoms with van der Waals surface area (Å²) in [6.45, 7) is 0. The molecule has 0 bridgehead atoms. The zero-order valence-corrected chi connectivity index (χ0v) is 9.18. The van der Waals surface area contributed by atoms with Crippen molar-refractivity contribution in [1.29, 1.82) is 0 Å². The largest absolute Gasteiger partial charge is 0.244 e. The summed E-state index contributed by atoms with van der Waals surface area (Å²) in [5, 5.41) is -0.0174. The zero-order valence-electron chi connectivity index (χ0n) is 6.77. The molecule has 1 heterocycles. The highest BCUT2D eigenvalue weighted by molar-refractivity contribution is 9.10. The first-order chi connectivity index (χ1) is 6.12. The topological polar surface area (TPSA) is 47.0 Å². The first-order valence-corrected chi connectivity index (χ1v) is 6.31.